The average molecular weight is 424 g/mol. The van der Waals surface area contributed by atoms with Crippen molar-refractivity contribution in [1.29, 1.82) is 0 Å². The van der Waals surface area contributed by atoms with E-state index in [2.05, 4.69) is 20.9 Å². The van der Waals surface area contributed by atoms with Gasteiger partial charge in [-0.15, -0.1) is 5.10 Å². The summed E-state index contributed by atoms with van der Waals surface area (Å²) in [5, 5.41) is 24.9. The second-order valence-electron chi connectivity index (χ2n) is 6.97. The van der Waals surface area contributed by atoms with Gasteiger partial charge in [0.05, 0.1) is 16.2 Å². The van der Waals surface area contributed by atoms with Crippen molar-refractivity contribution in [3.8, 4) is 11.4 Å². The Morgan fingerprint density at radius 1 is 1.13 bits per heavy atom. The minimum atomic E-state index is -0.934. The van der Waals surface area contributed by atoms with Gasteiger partial charge in [-0.05, 0) is 30.5 Å². The number of aromatic nitrogens is 3. The third-order valence-electron chi connectivity index (χ3n) is 4.48. The number of carbonyl (C=O) groups is 2. The molecule has 0 bridgehead atoms. The number of phenols is 1. The molecule has 0 aliphatic heterocycles. The molecule has 0 saturated heterocycles. The highest BCUT2D eigenvalue weighted by Crippen LogP contribution is 2.24. The van der Waals surface area contributed by atoms with E-state index in [1.807, 2.05) is 38.1 Å². The highest BCUT2D eigenvalue weighted by atomic mass is 16.6. The van der Waals surface area contributed by atoms with Crippen LogP contribution in [0.3, 0.4) is 0 Å². The molecule has 1 aromatic heterocycles. The summed E-state index contributed by atoms with van der Waals surface area (Å²) in [6.07, 6.45) is 0. The van der Waals surface area contributed by atoms with Crippen LogP contribution in [0.5, 0.6) is 5.75 Å². The molecule has 11 heteroatoms. The van der Waals surface area contributed by atoms with E-state index in [1.165, 1.54) is 0 Å². The number of nitro benzene ring substituents is 1. The Balaban J connectivity index is 1.77. The van der Waals surface area contributed by atoms with Gasteiger partial charge in [0.1, 0.15) is 11.6 Å². The summed E-state index contributed by atoms with van der Waals surface area (Å²) in [5.41, 5.74) is 5.30. The lowest BCUT2D eigenvalue weighted by atomic mass is 10.0. The van der Waals surface area contributed by atoms with Crippen molar-refractivity contribution in [2.24, 2.45) is 0 Å². The Kier molecular flexibility index (Phi) is 5.95. The van der Waals surface area contributed by atoms with Crippen LogP contribution in [-0.2, 0) is 0 Å². The van der Waals surface area contributed by atoms with Crippen molar-refractivity contribution in [2.75, 3.05) is 0 Å². The van der Waals surface area contributed by atoms with Crippen LogP contribution in [0.2, 0.25) is 0 Å². The van der Waals surface area contributed by atoms with Gasteiger partial charge in [-0.3, -0.25) is 30.6 Å². The van der Waals surface area contributed by atoms with Crippen molar-refractivity contribution in [3.05, 3.63) is 75.4 Å². The monoisotopic (exact) mass is 424 g/mol. The Morgan fingerprint density at radius 3 is 2.48 bits per heavy atom. The van der Waals surface area contributed by atoms with E-state index in [9.17, 15) is 24.8 Å². The SMILES string of the molecule is Cc1nc(C(=O)NNC(=O)c2cc([N+](=O)[O-])ccc2O)nn1-c1ccccc1C(C)C. The molecule has 1 heterocycles. The fourth-order valence-corrected chi connectivity index (χ4v) is 2.94. The van der Waals surface area contributed by atoms with Crippen LogP contribution in [0.1, 0.15) is 52.1 Å². The molecule has 3 aromatic rings. The molecule has 0 fully saturated rings. The maximum atomic E-state index is 12.4. The first-order valence-corrected chi connectivity index (χ1v) is 9.30. The molecule has 3 N–H and O–H groups in total. The molecule has 31 heavy (non-hydrogen) atoms. The number of para-hydroxylation sites is 1. The summed E-state index contributed by atoms with van der Waals surface area (Å²) >= 11 is 0. The summed E-state index contributed by atoms with van der Waals surface area (Å²) in [5.74, 6) is -1.68. The first kappa shape index (κ1) is 21.4. The van der Waals surface area contributed by atoms with Crippen molar-refractivity contribution in [2.45, 2.75) is 26.7 Å². The van der Waals surface area contributed by atoms with Gasteiger partial charge in [0.2, 0.25) is 5.82 Å². The number of rotatable bonds is 5. The number of phenolic OH excluding ortho intramolecular Hbond substituents is 1. The maximum absolute atomic E-state index is 12.4. The molecule has 3 rings (SSSR count). The Hall–Kier alpha value is -4.28. The number of hydrazine groups is 1. The molecule has 0 unspecified atom stereocenters. The second kappa shape index (κ2) is 8.61. The van der Waals surface area contributed by atoms with Crippen LogP contribution >= 0.6 is 0 Å². The number of carbonyl (C=O) groups excluding carboxylic acids is 2. The summed E-state index contributed by atoms with van der Waals surface area (Å²) in [4.78, 5) is 39.0. The molecule has 2 aromatic carbocycles. The highest BCUT2D eigenvalue weighted by molar-refractivity contribution is 5.99. The number of amides is 2. The number of non-ortho nitro benzene ring substituents is 1. The maximum Gasteiger partial charge on any atom is 0.309 e. The number of benzene rings is 2. The quantitative estimate of drug-likeness (QED) is 0.420. The number of nitro groups is 1. The van der Waals surface area contributed by atoms with Gasteiger partial charge >= 0.3 is 5.91 Å². The fourth-order valence-electron chi connectivity index (χ4n) is 2.94. The van der Waals surface area contributed by atoms with E-state index >= 15 is 0 Å². The number of nitrogens with zero attached hydrogens (tertiary/aromatic N) is 4. The average Bonchev–Trinajstić information content (AvgIpc) is 3.13. The van der Waals surface area contributed by atoms with Crippen molar-refractivity contribution in [1.82, 2.24) is 25.6 Å². The van der Waals surface area contributed by atoms with E-state index in [0.717, 1.165) is 29.4 Å². The zero-order chi connectivity index (χ0) is 22.7. The topological polar surface area (TPSA) is 152 Å². The molecule has 160 valence electrons. The summed E-state index contributed by atoms with van der Waals surface area (Å²) in [7, 11) is 0. The van der Waals surface area contributed by atoms with Gasteiger partial charge < -0.3 is 5.11 Å². The lowest BCUT2D eigenvalue weighted by molar-refractivity contribution is -0.384. The molecule has 0 atom stereocenters. The van der Waals surface area contributed by atoms with Gasteiger partial charge in [0.15, 0.2) is 0 Å². The number of aryl methyl sites for hydroxylation is 1. The van der Waals surface area contributed by atoms with Gasteiger partial charge in [-0.25, -0.2) is 9.67 Å². The van der Waals surface area contributed by atoms with Crippen molar-refractivity contribution in [3.63, 3.8) is 0 Å². The van der Waals surface area contributed by atoms with Crippen LogP contribution in [0.4, 0.5) is 5.69 Å². The molecule has 0 spiro atoms. The molecule has 0 radical (unpaired) electrons. The lowest BCUT2D eigenvalue weighted by Gasteiger charge is -2.12. The molecule has 2 amide bonds. The Morgan fingerprint density at radius 2 is 1.81 bits per heavy atom. The van der Waals surface area contributed by atoms with Gasteiger partial charge in [0, 0.05) is 12.1 Å². The predicted octanol–water partition coefficient (Wildman–Crippen LogP) is 2.39. The zero-order valence-electron chi connectivity index (χ0n) is 17.0. The van der Waals surface area contributed by atoms with Crippen LogP contribution in [0, 0.1) is 17.0 Å². The van der Waals surface area contributed by atoms with E-state index in [0.29, 0.717) is 5.82 Å². The first-order chi connectivity index (χ1) is 14.7. The molecule has 0 aliphatic carbocycles. The standard InChI is InChI=1S/C20H20N6O5/c1-11(2)14-6-4-5-7-16(14)25-12(3)21-18(24-25)20(29)23-22-19(28)15-10-13(26(30)31)8-9-17(15)27/h4-11,27H,1-3H3,(H,22,28)(H,23,29). The Labute approximate surface area is 176 Å². The molecular weight excluding hydrogens is 404 g/mol. The molecular formula is C20H20N6O5. The largest absolute Gasteiger partial charge is 0.507 e. The molecule has 0 saturated carbocycles. The van der Waals surface area contributed by atoms with Crippen LogP contribution < -0.4 is 10.9 Å². The van der Waals surface area contributed by atoms with Gasteiger partial charge in [0.25, 0.3) is 11.6 Å². The van der Waals surface area contributed by atoms with E-state index in [1.54, 1.807) is 11.6 Å². The van der Waals surface area contributed by atoms with Gasteiger partial charge in [-0.2, -0.15) is 0 Å². The Bertz CT molecular complexity index is 1170. The normalized spacial score (nSPS) is 10.7. The van der Waals surface area contributed by atoms with Crippen LogP contribution in [0.15, 0.2) is 42.5 Å². The van der Waals surface area contributed by atoms with Gasteiger partial charge in [-0.1, -0.05) is 32.0 Å². The van der Waals surface area contributed by atoms with Crippen LogP contribution in [0.25, 0.3) is 5.69 Å². The smallest absolute Gasteiger partial charge is 0.309 e. The third kappa shape index (κ3) is 4.50. The highest BCUT2D eigenvalue weighted by Gasteiger charge is 2.20. The van der Waals surface area contributed by atoms with Crippen molar-refractivity contribution < 1.29 is 19.6 Å². The summed E-state index contributed by atoms with van der Waals surface area (Å²) in [6.45, 7) is 5.77. The predicted molar refractivity (Wildman–Crippen MR) is 110 cm³/mol. The van der Waals surface area contributed by atoms with E-state index < -0.39 is 22.5 Å². The summed E-state index contributed by atoms with van der Waals surface area (Å²) < 4.78 is 1.54. The number of nitrogens with one attached hydrogen (secondary N) is 2. The minimum Gasteiger partial charge on any atom is -0.507 e. The molecule has 11 nitrogen and oxygen atoms in total. The van der Waals surface area contributed by atoms with Crippen LogP contribution in [-0.4, -0.2) is 36.6 Å². The third-order valence-corrected chi connectivity index (χ3v) is 4.48. The van der Waals surface area contributed by atoms with E-state index in [4.69, 9.17) is 0 Å². The second-order valence-corrected chi connectivity index (χ2v) is 6.97. The minimum absolute atomic E-state index is 0.181. The zero-order valence-corrected chi connectivity index (χ0v) is 17.0. The van der Waals surface area contributed by atoms with E-state index in [-0.39, 0.29) is 23.0 Å². The first-order valence-electron chi connectivity index (χ1n) is 9.30. The number of hydrogen-bond acceptors (Lipinski definition) is 7. The molecule has 0 aliphatic rings. The lowest BCUT2D eigenvalue weighted by Crippen LogP contribution is -2.42. The fraction of sp³-hybridized carbons (Fsp3) is 0.200. The van der Waals surface area contributed by atoms with Crippen molar-refractivity contribution >= 4 is 17.5 Å². The number of aromatic hydroxyl groups is 1. The summed E-state index contributed by atoms with van der Waals surface area (Å²) in [6, 6.07) is 10.6. The number of hydrogen-bond donors (Lipinski definition) is 3.